The quantitative estimate of drug-likeness (QED) is 0.754. The van der Waals surface area contributed by atoms with Crippen LogP contribution < -0.4 is 11.1 Å². The van der Waals surface area contributed by atoms with Crippen LogP contribution in [0.5, 0.6) is 0 Å². The highest BCUT2D eigenvalue weighted by Crippen LogP contribution is 2.29. The molecule has 1 aliphatic carbocycles. The van der Waals surface area contributed by atoms with Gasteiger partial charge in [-0.1, -0.05) is 39.5 Å². The van der Waals surface area contributed by atoms with Gasteiger partial charge in [0.05, 0.1) is 6.04 Å². The van der Waals surface area contributed by atoms with Gasteiger partial charge in [-0.15, -0.1) is 0 Å². The Morgan fingerprint density at radius 3 is 2.56 bits per heavy atom. The molecule has 1 aliphatic rings. The smallest absolute Gasteiger partial charge is 0.236 e. The maximum Gasteiger partial charge on any atom is 0.236 e. The Morgan fingerprint density at radius 2 is 2.00 bits per heavy atom. The number of carbonyl (C=O) groups is 1. The lowest BCUT2D eigenvalue weighted by Gasteiger charge is -2.26. The van der Waals surface area contributed by atoms with Crippen molar-refractivity contribution in [2.24, 2.45) is 17.6 Å². The van der Waals surface area contributed by atoms with E-state index in [1.807, 2.05) is 6.92 Å². The molecule has 0 unspecified atom stereocenters. The lowest BCUT2D eigenvalue weighted by molar-refractivity contribution is -0.122. The lowest BCUT2D eigenvalue weighted by atomic mass is 9.81. The van der Waals surface area contributed by atoms with Gasteiger partial charge < -0.3 is 11.1 Å². The van der Waals surface area contributed by atoms with E-state index in [1.165, 1.54) is 25.7 Å². The molecular formula is C13H26N2O. The van der Waals surface area contributed by atoms with Gasteiger partial charge in [0.25, 0.3) is 0 Å². The third-order valence-electron chi connectivity index (χ3n) is 3.76. The van der Waals surface area contributed by atoms with Crippen LogP contribution in [-0.4, -0.2) is 18.5 Å². The summed E-state index contributed by atoms with van der Waals surface area (Å²) in [5, 5.41) is 2.93. The molecule has 3 nitrogen and oxygen atoms in total. The number of nitrogens with two attached hydrogens (primary N) is 1. The Bertz CT molecular complexity index is 210. The zero-order valence-corrected chi connectivity index (χ0v) is 10.7. The number of hydrogen-bond acceptors (Lipinski definition) is 2. The van der Waals surface area contributed by atoms with E-state index < -0.39 is 0 Å². The summed E-state index contributed by atoms with van der Waals surface area (Å²) in [7, 11) is 0. The molecule has 94 valence electrons. The van der Waals surface area contributed by atoms with Crippen molar-refractivity contribution in [1.82, 2.24) is 5.32 Å². The fourth-order valence-corrected chi connectivity index (χ4v) is 2.33. The van der Waals surface area contributed by atoms with E-state index >= 15 is 0 Å². The summed E-state index contributed by atoms with van der Waals surface area (Å²) < 4.78 is 0. The highest BCUT2D eigenvalue weighted by atomic mass is 16.2. The van der Waals surface area contributed by atoms with E-state index in [0.29, 0.717) is 6.42 Å². The molecule has 3 N–H and O–H groups in total. The monoisotopic (exact) mass is 226 g/mol. The van der Waals surface area contributed by atoms with E-state index in [4.69, 9.17) is 5.73 Å². The van der Waals surface area contributed by atoms with Crippen LogP contribution in [0, 0.1) is 11.8 Å². The van der Waals surface area contributed by atoms with Crippen LogP contribution in [0.3, 0.4) is 0 Å². The molecular weight excluding hydrogens is 200 g/mol. The second kappa shape index (κ2) is 6.89. The molecule has 3 heteroatoms. The summed E-state index contributed by atoms with van der Waals surface area (Å²) in [5.74, 6) is 1.72. The molecule has 0 aromatic carbocycles. The van der Waals surface area contributed by atoms with Gasteiger partial charge in [-0.3, -0.25) is 4.79 Å². The van der Waals surface area contributed by atoms with Gasteiger partial charge in [0.15, 0.2) is 0 Å². The van der Waals surface area contributed by atoms with Gasteiger partial charge in [-0.2, -0.15) is 0 Å². The Hall–Kier alpha value is -0.570. The average Bonchev–Trinajstić information content (AvgIpc) is 2.30. The highest BCUT2D eigenvalue weighted by molar-refractivity contribution is 5.81. The fraction of sp³-hybridized carbons (Fsp3) is 0.923. The number of hydrogen-bond donors (Lipinski definition) is 2. The van der Waals surface area contributed by atoms with Gasteiger partial charge in [0.2, 0.25) is 5.91 Å². The Balaban J connectivity index is 2.09. The summed E-state index contributed by atoms with van der Waals surface area (Å²) in [5.41, 5.74) is 5.64. The molecule has 0 saturated heterocycles. The minimum atomic E-state index is -0.327. The molecule has 0 bridgehead atoms. The van der Waals surface area contributed by atoms with Gasteiger partial charge in [-0.05, 0) is 24.7 Å². The highest BCUT2D eigenvalue weighted by Gasteiger charge is 2.18. The first-order valence-corrected chi connectivity index (χ1v) is 6.66. The predicted octanol–water partition coefficient (Wildman–Crippen LogP) is 2.06. The van der Waals surface area contributed by atoms with Crippen LogP contribution in [0.15, 0.2) is 0 Å². The number of rotatable bonds is 5. The zero-order chi connectivity index (χ0) is 12.0. The first kappa shape index (κ1) is 13.5. The standard InChI is InChI=1S/C13H26N2O/c1-3-12(14)13(16)15-9-8-11-6-4-10(2)5-7-11/h10-12H,3-9,14H2,1-2H3,(H,15,16)/t10?,11?,12-/m0/s1. The lowest BCUT2D eigenvalue weighted by Crippen LogP contribution is -2.40. The van der Waals surface area contributed by atoms with Crippen LogP contribution in [0.1, 0.15) is 52.4 Å². The first-order valence-electron chi connectivity index (χ1n) is 6.66. The van der Waals surface area contributed by atoms with Crippen LogP contribution in [0.4, 0.5) is 0 Å². The van der Waals surface area contributed by atoms with Crippen LogP contribution in [0.2, 0.25) is 0 Å². The van der Waals surface area contributed by atoms with Crippen molar-refractivity contribution in [3.63, 3.8) is 0 Å². The third kappa shape index (κ3) is 4.52. The number of nitrogens with one attached hydrogen (secondary N) is 1. The van der Waals surface area contributed by atoms with E-state index in [0.717, 1.165) is 24.8 Å². The molecule has 1 saturated carbocycles. The van der Waals surface area contributed by atoms with E-state index in [1.54, 1.807) is 0 Å². The predicted molar refractivity (Wildman–Crippen MR) is 67.0 cm³/mol. The fourth-order valence-electron chi connectivity index (χ4n) is 2.33. The summed E-state index contributed by atoms with van der Waals surface area (Å²) in [6.45, 7) is 5.07. The minimum Gasteiger partial charge on any atom is -0.355 e. The van der Waals surface area contributed by atoms with Gasteiger partial charge >= 0.3 is 0 Å². The Morgan fingerprint density at radius 1 is 1.38 bits per heavy atom. The van der Waals surface area contributed by atoms with E-state index in [9.17, 15) is 4.79 Å². The molecule has 1 atom stereocenters. The molecule has 0 spiro atoms. The van der Waals surface area contributed by atoms with Crippen molar-refractivity contribution in [2.75, 3.05) is 6.54 Å². The second-order valence-electron chi connectivity index (χ2n) is 5.22. The van der Waals surface area contributed by atoms with Crippen LogP contribution in [0.25, 0.3) is 0 Å². The van der Waals surface area contributed by atoms with E-state index in [2.05, 4.69) is 12.2 Å². The summed E-state index contributed by atoms with van der Waals surface area (Å²) in [6.07, 6.45) is 7.20. The summed E-state index contributed by atoms with van der Waals surface area (Å²) >= 11 is 0. The van der Waals surface area contributed by atoms with Crippen molar-refractivity contribution in [3.8, 4) is 0 Å². The van der Waals surface area contributed by atoms with Gasteiger partial charge in [-0.25, -0.2) is 0 Å². The topological polar surface area (TPSA) is 55.1 Å². The largest absolute Gasteiger partial charge is 0.355 e. The Labute approximate surface area is 99.2 Å². The van der Waals surface area contributed by atoms with Crippen molar-refractivity contribution in [3.05, 3.63) is 0 Å². The molecule has 16 heavy (non-hydrogen) atoms. The molecule has 1 amide bonds. The zero-order valence-electron chi connectivity index (χ0n) is 10.7. The number of amides is 1. The van der Waals surface area contributed by atoms with Crippen LogP contribution >= 0.6 is 0 Å². The van der Waals surface area contributed by atoms with Crippen molar-refractivity contribution in [1.29, 1.82) is 0 Å². The molecule has 0 aromatic rings. The SMILES string of the molecule is CC[C@H](N)C(=O)NCCC1CCC(C)CC1. The summed E-state index contributed by atoms with van der Waals surface area (Å²) in [6, 6.07) is -0.327. The maximum atomic E-state index is 11.4. The van der Waals surface area contributed by atoms with Crippen LogP contribution in [-0.2, 0) is 4.79 Å². The molecule has 0 radical (unpaired) electrons. The maximum absolute atomic E-state index is 11.4. The molecule has 0 heterocycles. The second-order valence-corrected chi connectivity index (χ2v) is 5.22. The van der Waals surface area contributed by atoms with Gasteiger partial charge in [0, 0.05) is 6.54 Å². The van der Waals surface area contributed by atoms with Crippen molar-refractivity contribution in [2.45, 2.75) is 58.4 Å². The van der Waals surface area contributed by atoms with E-state index in [-0.39, 0.29) is 11.9 Å². The van der Waals surface area contributed by atoms with Crippen molar-refractivity contribution >= 4 is 5.91 Å². The molecule has 1 rings (SSSR count). The molecule has 0 aliphatic heterocycles. The summed E-state index contributed by atoms with van der Waals surface area (Å²) in [4.78, 5) is 11.4. The molecule has 1 fully saturated rings. The molecule has 0 aromatic heterocycles. The minimum absolute atomic E-state index is 0.00618. The Kier molecular flexibility index (Phi) is 5.81. The first-order chi connectivity index (χ1) is 7.63. The van der Waals surface area contributed by atoms with Crippen molar-refractivity contribution < 1.29 is 4.79 Å². The third-order valence-corrected chi connectivity index (χ3v) is 3.76. The average molecular weight is 226 g/mol. The number of carbonyl (C=O) groups excluding carboxylic acids is 1. The van der Waals surface area contributed by atoms with Gasteiger partial charge in [0.1, 0.15) is 0 Å². The normalized spacial score (nSPS) is 27.4.